The zero-order valence-electron chi connectivity index (χ0n) is 9.48. The second kappa shape index (κ2) is 7.42. The molecule has 0 bridgehead atoms. The standard InChI is InChI=1S/C12H20N2/c1-4-5-6-10-14-11-12(2,3)8-7-9-13/h14H,6-8,10-11H2,1-3H3. The highest BCUT2D eigenvalue weighted by Gasteiger charge is 2.16. The van der Waals surface area contributed by atoms with Gasteiger partial charge in [-0.2, -0.15) is 5.26 Å². The fourth-order valence-electron chi connectivity index (χ4n) is 1.19. The van der Waals surface area contributed by atoms with E-state index in [1.54, 1.807) is 0 Å². The average molecular weight is 192 g/mol. The van der Waals surface area contributed by atoms with Gasteiger partial charge in [0.15, 0.2) is 0 Å². The van der Waals surface area contributed by atoms with Gasteiger partial charge in [0.2, 0.25) is 0 Å². The fourth-order valence-corrected chi connectivity index (χ4v) is 1.19. The molecular formula is C12H20N2. The molecule has 2 nitrogen and oxygen atoms in total. The summed E-state index contributed by atoms with van der Waals surface area (Å²) in [6, 6.07) is 2.18. The first kappa shape index (κ1) is 13.0. The molecule has 0 radical (unpaired) electrons. The predicted molar refractivity (Wildman–Crippen MR) is 59.6 cm³/mol. The molecule has 0 aromatic carbocycles. The number of rotatable bonds is 6. The van der Waals surface area contributed by atoms with Crippen LogP contribution in [0.4, 0.5) is 0 Å². The van der Waals surface area contributed by atoms with Crippen molar-refractivity contribution < 1.29 is 0 Å². The summed E-state index contributed by atoms with van der Waals surface area (Å²) in [5.41, 5.74) is 0.218. The maximum absolute atomic E-state index is 8.48. The molecule has 0 unspecified atom stereocenters. The Hall–Kier alpha value is -0.990. The Morgan fingerprint density at radius 1 is 1.29 bits per heavy atom. The lowest BCUT2D eigenvalue weighted by Gasteiger charge is -2.23. The van der Waals surface area contributed by atoms with Crippen LogP contribution >= 0.6 is 0 Å². The Morgan fingerprint density at radius 2 is 2.00 bits per heavy atom. The van der Waals surface area contributed by atoms with Gasteiger partial charge in [0.25, 0.3) is 0 Å². The van der Waals surface area contributed by atoms with E-state index in [1.165, 1.54) is 0 Å². The van der Waals surface area contributed by atoms with Gasteiger partial charge in [0.1, 0.15) is 0 Å². The number of nitriles is 1. The summed E-state index contributed by atoms with van der Waals surface area (Å²) in [6.07, 6.45) is 2.50. The molecule has 0 saturated carbocycles. The van der Waals surface area contributed by atoms with Crippen molar-refractivity contribution in [3.8, 4) is 17.9 Å². The summed E-state index contributed by atoms with van der Waals surface area (Å²) >= 11 is 0. The molecule has 78 valence electrons. The lowest BCUT2D eigenvalue weighted by Crippen LogP contribution is -2.29. The molecule has 0 fully saturated rings. The van der Waals surface area contributed by atoms with Gasteiger partial charge in [0.05, 0.1) is 6.07 Å². The summed E-state index contributed by atoms with van der Waals surface area (Å²) in [4.78, 5) is 0. The molecule has 14 heavy (non-hydrogen) atoms. The zero-order valence-corrected chi connectivity index (χ0v) is 9.48. The van der Waals surface area contributed by atoms with E-state index < -0.39 is 0 Å². The summed E-state index contributed by atoms with van der Waals surface area (Å²) in [7, 11) is 0. The first-order chi connectivity index (χ1) is 6.62. The van der Waals surface area contributed by atoms with Crippen molar-refractivity contribution in [1.82, 2.24) is 5.32 Å². The summed E-state index contributed by atoms with van der Waals surface area (Å²) in [5.74, 6) is 5.88. The molecule has 0 aliphatic rings. The summed E-state index contributed by atoms with van der Waals surface area (Å²) < 4.78 is 0. The molecule has 0 heterocycles. The Kier molecular flexibility index (Phi) is 6.89. The summed E-state index contributed by atoms with van der Waals surface area (Å²) in [5, 5.41) is 11.8. The fraction of sp³-hybridized carbons (Fsp3) is 0.750. The first-order valence-electron chi connectivity index (χ1n) is 5.09. The minimum Gasteiger partial charge on any atom is -0.315 e. The zero-order chi connectivity index (χ0) is 10.9. The molecule has 0 rings (SSSR count). The van der Waals surface area contributed by atoms with E-state index in [4.69, 9.17) is 5.26 Å². The lowest BCUT2D eigenvalue weighted by atomic mass is 9.88. The van der Waals surface area contributed by atoms with Crippen LogP contribution in [-0.2, 0) is 0 Å². The monoisotopic (exact) mass is 192 g/mol. The Bertz CT molecular complexity index is 237. The van der Waals surface area contributed by atoms with Crippen LogP contribution in [0.5, 0.6) is 0 Å². The van der Waals surface area contributed by atoms with Gasteiger partial charge in [-0.1, -0.05) is 13.8 Å². The Morgan fingerprint density at radius 3 is 2.57 bits per heavy atom. The Labute approximate surface area is 87.7 Å². The minimum atomic E-state index is 0.218. The van der Waals surface area contributed by atoms with Gasteiger partial charge >= 0.3 is 0 Å². The van der Waals surface area contributed by atoms with Crippen LogP contribution < -0.4 is 5.32 Å². The van der Waals surface area contributed by atoms with Crippen LogP contribution in [0.3, 0.4) is 0 Å². The van der Waals surface area contributed by atoms with Crippen molar-refractivity contribution in [2.24, 2.45) is 5.41 Å². The average Bonchev–Trinajstić information content (AvgIpc) is 2.15. The van der Waals surface area contributed by atoms with Crippen molar-refractivity contribution in [1.29, 1.82) is 5.26 Å². The van der Waals surface area contributed by atoms with E-state index in [9.17, 15) is 0 Å². The van der Waals surface area contributed by atoms with Crippen LogP contribution in [0.25, 0.3) is 0 Å². The molecule has 0 amide bonds. The summed E-state index contributed by atoms with van der Waals surface area (Å²) in [6.45, 7) is 8.12. The van der Waals surface area contributed by atoms with E-state index in [0.717, 1.165) is 25.9 Å². The van der Waals surface area contributed by atoms with Crippen molar-refractivity contribution in [3.05, 3.63) is 0 Å². The molecule has 1 N–H and O–H groups in total. The molecule has 2 heteroatoms. The minimum absolute atomic E-state index is 0.218. The van der Waals surface area contributed by atoms with Crippen molar-refractivity contribution >= 4 is 0 Å². The van der Waals surface area contributed by atoms with Crippen molar-refractivity contribution in [2.75, 3.05) is 13.1 Å². The maximum atomic E-state index is 8.48. The van der Waals surface area contributed by atoms with Crippen molar-refractivity contribution in [2.45, 2.75) is 40.0 Å². The first-order valence-corrected chi connectivity index (χ1v) is 5.09. The highest BCUT2D eigenvalue weighted by Crippen LogP contribution is 2.20. The topological polar surface area (TPSA) is 35.8 Å². The molecule has 0 aromatic heterocycles. The van der Waals surface area contributed by atoms with Gasteiger partial charge in [-0.05, 0) is 18.8 Å². The van der Waals surface area contributed by atoms with Crippen LogP contribution in [0.2, 0.25) is 0 Å². The molecule has 0 atom stereocenters. The second-order valence-corrected chi connectivity index (χ2v) is 4.18. The molecular weight excluding hydrogens is 172 g/mol. The second-order valence-electron chi connectivity index (χ2n) is 4.18. The third-order valence-corrected chi connectivity index (χ3v) is 2.12. The van der Waals surface area contributed by atoms with Gasteiger partial charge in [-0.3, -0.25) is 0 Å². The highest BCUT2D eigenvalue weighted by molar-refractivity contribution is 4.95. The molecule has 0 aliphatic carbocycles. The van der Waals surface area contributed by atoms with Crippen LogP contribution in [0.1, 0.15) is 40.0 Å². The van der Waals surface area contributed by atoms with E-state index in [-0.39, 0.29) is 5.41 Å². The van der Waals surface area contributed by atoms with E-state index in [2.05, 4.69) is 37.1 Å². The van der Waals surface area contributed by atoms with Crippen LogP contribution in [0.15, 0.2) is 0 Å². The quantitative estimate of drug-likeness (QED) is 0.518. The number of hydrogen-bond acceptors (Lipinski definition) is 2. The molecule has 0 saturated heterocycles. The smallest absolute Gasteiger partial charge is 0.0621 e. The van der Waals surface area contributed by atoms with Crippen LogP contribution in [0, 0.1) is 28.6 Å². The molecule has 0 aromatic rings. The van der Waals surface area contributed by atoms with E-state index in [1.807, 2.05) is 6.92 Å². The molecule has 0 aliphatic heterocycles. The third kappa shape index (κ3) is 7.65. The number of nitrogens with zero attached hydrogens (tertiary/aromatic N) is 1. The molecule has 0 spiro atoms. The maximum Gasteiger partial charge on any atom is 0.0621 e. The van der Waals surface area contributed by atoms with Crippen LogP contribution in [-0.4, -0.2) is 13.1 Å². The largest absolute Gasteiger partial charge is 0.315 e. The van der Waals surface area contributed by atoms with Gasteiger partial charge in [0, 0.05) is 25.9 Å². The Balaban J connectivity index is 3.53. The van der Waals surface area contributed by atoms with E-state index >= 15 is 0 Å². The van der Waals surface area contributed by atoms with Gasteiger partial charge in [-0.25, -0.2) is 0 Å². The normalized spacial score (nSPS) is 10.1. The lowest BCUT2D eigenvalue weighted by molar-refractivity contribution is 0.320. The predicted octanol–water partition coefficient (Wildman–Crippen LogP) is 2.32. The van der Waals surface area contributed by atoms with E-state index in [0.29, 0.717) is 6.42 Å². The van der Waals surface area contributed by atoms with Gasteiger partial charge < -0.3 is 5.32 Å². The number of nitrogens with one attached hydrogen (secondary N) is 1. The van der Waals surface area contributed by atoms with Gasteiger partial charge in [-0.15, -0.1) is 11.8 Å². The highest BCUT2D eigenvalue weighted by atomic mass is 14.9. The SMILES string of the molecule is CC#CCCNCC(C)(C)CCC#N. The number of hydrogen-bond donors (Lipinski definition) is 1. The third-order valence-electron chi connectivity index (χ3n) is 2.12. The van der Waals surface area contributed by atoms with Crippen molar-refractivity contribution in [3.63, 3.8) is 0 Å².